The van der Waals surface area contributed by atoms with Crippen molar-refractivity contribution in [2.75, 3.05) is 25.2 Å². The number of thioether (sulfide) groups is 1. The minimum absolute atomic E-state index is 0.180. The third kappa shape index (κ3) is 5.54. The fourth-order valence-corrected chi connectivity index (χ4v) is 2.67. The largest absolute Gasteiger partial charge is 0.490 e. The van der Waals surface area contributed by atoms with E-state index < -0.39 is 0 Å². The highest BCUT2D eigenvalue weighted by molar-refractivity contribution is 9.10. The van der Waals surface area contributed by atoms with Gasteiger partial charge in [0.05, 0.1) is 17.7 Å². The Labute approximate surface area is 134 Å². The van der Waals surface area contributed by atoms with E-state index in [0.717, 1.165) is 34.6 Å². The second kappa shape index (κ2) is 9.53. The standard InChI is InChI=1S/C15H24BrNO2S/c1-4-12(17)8-11-9-13(16)15(19-6-7-20-3)14(10-11)18-5-2/h9-10,12H,4-8,17H2,1-3H3. The quantitative estimate of drug-likeness (QED) is 0.678. The number of hydrogen-bond donors (Lipinski definition) is 1. The Kier molecular flexibility index (Phi) is 8.41. The second-order valence-electron chi connectivity index (χ2n) is 4.55. The summed E-state index contributed by atoms with van der Waals surface area (Å²) in [5.41, 5.74) is 7.20. The lowest BCUT2D eigenvalue weighted by Gasteiger charge is -2.16. The molecule has 0 radical (unpaired) electrons. The van der Waals surface area contributed by atoms with Crippen LogP contribution in [0.4, 0.5) is 0 Å². The molecule has 0 heterocycles. The molecule has 1 atom stereocenters. The third-order valence-corrected chi connectivity index (χ3v) is 4.09. The van der Waals surface area contributed by atoms with Gasteiger partial charge in [0.2, 0.25) is 0 Å². The molecule has 0 saturated carbocycles. The van der Waals surface area contributed by atoms with Crippen molar-refractivity contribution in [2.24, 2.45) is 5.73 Å². The Bertz CT molecular complexity index is 415. The summed E-state index contributed by atoms with van der Waals surface area (Å²) < 4.78 is 12.5. The van der Waals surface area contributed by atoms with E-state index in [2.05, 4.69) is 35.2 Å². The van der Waals surface area contributed by atoms with Gasteiger partial charge in [-0.05, 0) is 59.6 Å². The Morgan fingerprint density at radius 2 is 2.05 bits per heavy atom. The van der Waals surface area contributed by atoms with Crippen LogP contribution < -0.4 is 15.2 Å². The topological polar surface area (TPSA) is 44.5 Å². The summed E-state index contributed by atoms with van der Waals surface area (Å²) in [5.74, 6) is 2.54. The van der Waals surface area contributed by atoms with Gasteiger partial charge in [0.1, 0.15) is 0 Å². The van der Waals surface area contributed by atoms with Crippen LogP contribution in [0.1, 0.15) is 25.8 Å². The first-order chi connectivity index (χ1) is 9.62. The van der Waals surface area contributed by atoms with Gasteiger partial charge in [-0.25, -0.2) is 0 Å². The molecule has 0 bridgehead atoms. The lowest BCUT2D eigenvalue weighted by atomic mass is 10.0. The van der Waals surface area contributed by atoms with Gasteiger partial charge in [-0.15, -0.1) is 0 Å². The van der Waals surface area contributed by atoms with Crippen LogP contribution in [-0.2, 0) is 6.42 Å². The van der Waals surface area contributed by atoms with Gasteiger partial charge in [0.25, 0.3) is 0 Å². The maximum atomic E-state index is 6.03. The molecule has 2 N–H and O–H groups in total. The molecule has 0 aromatic heterocycles. The van der Waals surface area contributed by atoms with Gasteiger partial charge >= 0.3 is 0 Å². The van der Waals surface area contributed by atoms with E-state index in [1.54, 1.807) is 11.8 Å². The molecule has 0 spiro atoms. The molecule has 0 aliphatic carbocycles. The van der Waals surface area contributed by atoms with E-state index in [1.807, 2.05) is 13.0 Å². The summed E-state index contributed by atoms with van der Waals surface area (Å²) in [4.78, 5) is 0. The van der Waals surface area contributed by atoms with Crippen molar-refractivity contribution in [1.29, 1.82) is 0 Å². The molecule has 1 rings (SSSR count). The Morgan fingerprint density at radius 3 is 2.65 bits per heavy atom. The Balaban J connectivity index is 2.92. The minimum Gasteiger partial charge on any atom is -0.490 e. The van der Waals surface area contributed by atoms with Gasteiger partial charge in [-0.1, -0.05) is 6.92 Å². The predicted molar refractivity (Wildman–Crippen MR) is 91.2 cm³/mol. The van der Waals surface area contributed by atoms with Crippen LogP contribution in [0.25, 0.3) is 0 Å². The fourth-order valence-electron chi connectivity index (χ4n) is 1.82. The molecule has 114 valence electrons. The van der Waals surface area contributed by atoms with E-state index >= 15 is 0 Å². The highest BCUT2D eigenvalue weighted by Crippen LogP contribution is 2.37. The summed E-state index contributed by atoms with van der Waals surface area (Å²) in [5, 5.41) is 0. The normalized spacial score (nSPS) is 12.2. The van der Waals surface area contributed by atoms with Crippen LogP contribution in [0.15, 0.2) is 16.6 Å². The number of ether oxygens (including phenoxy) is 2. The first-order valence-corrected chi connectivity index (χ1v) is 9.13. The summed E-state index contributed by atoms with van der Waals surface area (Å²) in [6.07, 6.45) is 3.88. The average molecular weight is 362 g/mol. The molecule has 1 aromatic carbocycles. The average Bonchev–Trinajstić information content (AvgIpc) is 2.42. The minimum atomic E-state index is 0.180. The summed E-state index contributed by atoms with van der Waals surface area (Å²) in [6.45, 7) is 5.37. The molecule has 5 heteroatoms. The van der Waals surface area contributed by atoms with Gasteiger partial charge in [-0.2, -0.15) is 11.8 Å². The molecule has 0 aliphatic rings. The lowest BCUT2D eigenvalue weighted by Crippen LogP contribution is -2.21. The van der Waals surface area contributed by atoms with E-state index in [1.165, 1.54) is 5.56 Å². The number of halogens is 1. The Morgan fingerprint density at radius 1 is 1.30 bits per heavy atom. The van der Waals surface area contributed by atoms with Crippen molar-refractivity contribution >= 4 is 27.7 Å². The summed E-state index contributed by atoms with van der Waals surface area (Å²) in [6, 6.07) is 4.30. The summed E-state index contributed by atoms with van der Waals surface area (Å²) >= 11 is 5.34. The fraction of sp³-hybridized carbons (Fsp3) is 0.600. The monoisotopic (exact) mass is 361 g/mol. The Hall–Kier alpha value is -0.390. The van der Waals surface area contributed by atoms with Crippen molar-refractivity contribution in [1.82, 2.24) is 0 Å². The third-order valence-electron chi connectivity index (χ3n) is 2.93. The maximum Gasteiger partial charge on any atom is 0.175 e. The van der Waals surface area contributed by atoms with Gasteiger partial charge in [-0.3, -0.25) is 0 Å². The zero-order valence-corrected chi connectivity index (χ0v) is 14.9. The van der Waals surface area contributed by atoms with Crippen LogP contribution in [0.5, 0.6) is 11.5 Å². The van der Waals surface area contributed by atoms with Crippen LogP contribution in [0.2, 0.25) is 0 Å². The predicted octanol–water partition coefficient (Wildman–Crippen LogP) is 3.87. The number of rotatable bonds is 9. The molecule has 3 nitrogen and oxygen atoms in total. The lowest BCUT2D eigenvalue weighted by molar-refractivity contribution is 0.287. The highest BCUT2D eigenvalue weighted by atomic mass is 79.9. The van der Waals surface area contributed by atoms with Crippen LogP contribution >= 0.6 is 27.7 Å². The van der Waals surface area contributed by atoms with Crippen molar-refractivity contribution in [3.63, 3.8) is 0 Å². The second-order valence-corrected chi connectivity index (χ2v) is 6.39. The van der Waals surface area contributed by atoms with Crippen molar-refractivity contribution in [3.05, 3.63) is 22.2 Å². The molecule has 1 unspecified atom stereocenters. The smallest absolute Gasteiger partial charge is 0.175 e. The molecule has 0 fully saturated rings. The highest BCUT2D eigenvalue weighted by Gasteiger charge is 2.13. The summed E-state index contributed by atoms with van der Waals surface area (Å²) in [7, 11) is 0. The zero-order chi connectivity index (χ0) is 15.0. The molecular weight excluding hydrogens is 338 g/mol. The van der Waals surface area contributed by atoms with Gasteiger partial charge < -0.3 is 15.2 Å². The van der Waals surface area contributed by atoms with E-state index in [9.17, 15) is 0 Å². The van der Waals surface area contributed by atoms with E-state index in [4.69, 9.17) is 15.2 Å². The van der Waals surface area contributed by atoms with Gasteiger partial charge in [0.15, 0.2) is 11.5 Å². The molecule has 1 aromatic rings. The zero-order valence-electron chi connectivity index (χ0n) is 12.4. The van der Waals surface area contributed by atoms with Crippen LogP contribution in [-0.4, -0.2) is 31.3 Å². The van der Waals surface area contributed by atoms with Gasteiger partial charge in [0, 0.05) is 11.8 Å². The molecular formula is C15H24BrNO2S. The van der Waals surface area contributed by atoms with Crippen LogP contribution in [0.3, 0.4) is 0 Å². The molecule has 0 saturated heterocycles. The van der Waals surface area contributed by atoms with Crippen molar-refractivity contribution in [2.45, 2.75) is 32.7 Å². The van der Waals surface area contributed by atoms with E-state index in [0.29, 0.717) is 13.2 Å². The SMILES string of the molecule is CCOc1cc(CC(N)CC)cc(Br)c1OCCSC. The number of nitrogens with two attached hydrogens (primary N) is 1. The molecule has 0 aliphatic heterocycles. The first kappa shape index (κ1) is 17.7. The van der Waals surface area contributed by atoms with Crippen molar-refractivity contribution < 1.29 is 9.47 Å². The molecule has 0 amide bonds. The molecule has 20 heavy (non-hydrogen) atoms. The maximum absolute atomic E-state index is 6.03. The first-order valence-electron chi connectivity index (χ1n) is 6.94. The van der Waals surface area contributed by atoms with Crippen LogP contribution in [0, 0.1) is 0 Å². The van der Waals surface area contributed by atoms with E-state index in [-0.39, 0.29) is 6.04 Å². The van der Waals surface area contributed by atoms with Crippen molar-refractivity contribution in [3.8, 4) is 11.5 Å². The number of benzene rings is 1. The number of hydrogen-bond acceptors (Lipinski definition) is 4.